The largest absolute Gasteiger partial charge is 0.497 e. The number of nitrogens with zero attached hydrogens (tertiary/aromatic N) is 3. The Balaban J connectivity index is 1.64. The molecule has 5 rings (SSSR count). The molecule has 0 aliphatic heterocycles. The quantitative estimate of drug-likeness (QED) is 0.329. The topological polar surface area (TPSA) is 68.5 Å². The maximum Gasteiger partial charge on any atom is 0.261 e. The molecule has 2 aromatic heterocycles. The average molecular weight is 469 g/mol. The summed E-state index contributed by atoms with van der Waals surface area (Å²) in [5, 5.41) is 8.08. The fraction of sp³-hybridized carbons (Fsp3) is 0.0741. The van der Waals surface area contributed by atoms with Crippen molar-refractivity contribution >= 4 is 28.8 Å². The number of nitrogens with one attached hydrogen (secondary N) is 1. The van der Waals surface area contributed by atoms with Crippen molar-refractivity contribution in [2.45, 2.75) is 6.92 Å². The lowest BCUT2D eigenvalue weighted by Gasteiger charge is -2.10. The Morgan fingerprint density at radius 3 is 2.29 bits per heavy atom. The van der Waals surface area contributed by atoms with Gasteiger partial charge in [-0.15, -0.1) is 0 Å². The van der Waals surface area contributed by atoms with Gasteiger partial charge in [0.1, 0.15) is 11.3 Å². The first kappa shape index (κ1) is 21.7. The van der Waals surface area contributed by atoms with Gasteiger partial charge < -0.3 is 10.1 Å². The van der Waals surface area contributed by atoms with Gasteiger partial charge in [-0.3, -0.25) is 4.79 Å². The van der Waals surface area contributed by atoms with Gasteiger partial charge in [0.15, 0.2) is 5.65 Å². The number of hydrogen-bond donors (Lipinski definition) is 1. The number of methoxy groups -OCH3 is 1. The predicted octanol–water partition coefficient (Wildman–Crippen LogP) is 6.29. The number of carbonyl (C=O) groups excluding carboxylic acids is 1. The van der Waals surface area contributed by atoms with Gasteiger partial charge in [-0.2, -0.15) is 5.10 Å². The highest BCUT2D eigenvalue weighted by Gasteiger charge is 2.19. The smallest absolute Gasteiger partial charge is 0.261 e. The van der Waals surface area contributed by atoms with Crippen molar-refractivity contribution in [3.63, 3.8) is 0 Å². The fourth-order valence-electron chi connectivity index (χ4n) is 3.69. The van der Waals surface area contributed by atoms with Gasteiger partial charge in [0.2, 0.25) is 0 Å². The summed E-state index contributed by atoms with van der Waals surface area (Å²) in [6, 6.07) is 24.7. The zero-order chi connectivity index (χ0) is 23.7. The molecule has 0 aliphatic carbocycles. The van der Waals surface area contributed by atoms with Crippen LogP contribution < -0.4 is 10.1 Å². The molecule has 0 aliphatic rings. The average Bonchev–Trinajstić information content (AvgIpc) is 3.30. The molecule has 0 bridgehead atoms. The van der Waals surface area contributed by atoms with E-state index in [1.54, 1.807) is 17.8 Å². The van der Waals surface area contributed by atoms with Crippen molar-refractivity contribution in [2.75, 3.05) is 12.4 Å². The lowest BCUT2D eigenvalue weighted by Crippen LogP contribution is -2.12. The summed E-state index contributed by atoms with van der Waals surface area (Å²) in [7, 11) is 1.63. The maximum atomic E-state index is 13.2. The van der Waals surface area contributed by atoms with E-state index >= 15 is 0 Å². The highest BCUT2D eigenvalue weighted by atomic mass is 35.5. The molecule has 0 saturated heterocycles. The summed E-state index contributed by atoms with van der Waals surface area (Å²) in [6.45, 7) is 2.00. The normalized spacial score (nSPS) is 10.9. The van der Waals surface area contributed by atoms with Crippen LogP contribution in [0.25, 0.3) is 28.2 Å². The van der Waals surface area contributed by atoms with E-state index in [0.29, 0.717) is 27.6 Å². The SMILES string of the molecule is COc1ccc(-c2cc(-c3ccc(Cl)cc3)nc3c(C(=O)Nc4ccc(C)cc4)cnn23)cc1. The molecule has 0 saturated carbocycles. The first-order chi connectivity index (χ1) is 16.5. The third-order valence-electron chi connectivity index (χ3n) is 5.55. The summed E-state index contributed by atoms with van der Waals surface area (Å²) in [6.07, 6.45) is 1.55. The van der Waals surface area contributed by atoms with Crippen LogP contribution in [0.1, 0.15) is 15.9 Å². The number of amides is 1. The van der Waals surface area contributed by atoms with Crippen LogP contribution in [-0.2, 0) is 0 Å². The molecule has 0 fully saturated rings. The van der Waals surface area contributed by atoms with E-state index in [1.807, 2.05) is 85.8 Å². The summed E-state index contributed by atoms with van der Waals surface area (Å²) < 4.78 is 6.98. The fourth-order valence-corrected chi connectivity index (χ4v) is 3.82. The summed E-state index contributed by atoms with van der Waals surface area (Å²) in [5.41, 5.74) is 5.97. The summed E-state index contributed by atoms with van der Waals surface area (Å²) in [5.74, 6) is 0.478. The van der Waals surface area contributed by atoms with Crippen LogP contribution in [-0.4, -0.2) is 27.6 Å². The Kier molecular flexibility index (Phi) is 5.74. The molecule has 7 heteroatoms. The van der Waals surface area contributed by atoms with Crippen LogP contribution in [0.2, 0.25) is 5.02 Å². The van der Waals surface area contributed by atoms with Crippen LogP contribution in [0.15, 0.2) is 85.1 Å². The molecular weight excluding hydrogens is 448 g/mol. The minimum atomic E-state index is -0.278. The number of carbonyl (C=O) groups is 1. The molecule has 0 unspecified atom stereocenters. The standard InChI is InChI=1S/C27H21ClN4O2/c1-17-3-11-21(12-4-17)30-27(33)23-16-29-32-25(19-7-13-22(34-2)14-8-19)15-24(31-26(23)32)18-5-9-20(28)10-6-18/h3-16H,1-2H3,(H,30,33). The van der Waals surface area contributed by atoms with E-state index in [2.05, 4.69) is 10.4 Å². The number of rotatable bonds is 5. The molecule has 168 valence electrons. The van der Waals surface area contributed by atoms with Crippen LogP contribution in [0.5, 0.6) is 5.75 Å². The molecular formula is C27H21ClN4O2. The van der Waals surface area contributed by atoms with Crippen molar-refractivity contribution in [3.05, 3.63) is 101 Å². The Labute approximate surface area is 201 Å². The Hall–Kier alpha value is -4.16. The third kappa shape index (κ3) is 4.23. The van der Waals surface area contributed by atoms with Crippen LogP contribution in [0.3, 0.4) is 0 Å². The van der Waals surface area contributed by atoms with Gasteiger partial charge in [-0.05, 0) is 61.5 Å². The molecule has 0 radical (unpaired) electrons. The van der Waals surface area contributed by atoms with Gasteiger partial charge >= 0.3 is 0 Å². The number of fused-ring (bicyclic) bond motifs is 1. The molecule has 6 nitrogen and oxygen atoms in total. The van der Waals surface area contributed by atoms with Gasteiger partial charge in [-0.25, -0.2) is 9.50 Å². The lowest BCUT2D eigenvalue weighted by molar-refractivity contribution is 0.102. The first-order valence-electron chi connectivity index (χ1n) is 10.7. The molecule has 2 heterocycles. The molecule has 34 heavy (non-hydrogen) atoms. The number of aryl methyl sites for hydroxylation is 1. The van der Waals surface area contributed by atoms with Gasteiger partial charge in [0, 0.05) is 21.8 Å². The van der Waals surface area contributed by atoms with E-state index < -0.39 is 0 Å². The molecule has 0 atom stereocenters. The van der Waals surface area contributed by atoms with Crippen molar-refractivity contribution < 1.29 is 9.53 Å². The second-order valence-corrected chi connectivity index (χ2v) is 8.31. The maximum absolute atomic E-state index is 13.2. The second kappa shape index (κ2) is 9.00. The van der Waals surface area contributed by atoms with Crippen molar-refractivity contribution in [1.29, 1.82) is 0 Å². The Bertz CT molecular complexity index is 1470. The summed E-state index contributed by atoms with van der Waals surface area (Å²) in [4.78, 5) is 18.0. The van der Waals surface area contributed by atoms with E-state index in [4.69, 9.17) is 21.3 Å². The van der Waals surface area contributed by atoms with Crippen LogP contribution in [0.4, 0.5) is 5.69 Å². The Morgan fingerprint density at radius 1 is 0.941 bits per heavy atom. The zero-order valence-electron chi connectivity index (χ0n) is 18.6. The molecule has 1 amide bonds. The zero-order valence-corrected chi connectivity index (χ0v) is 19.4. The first-order valence-corrected chi connectivity index (χ1v) is 11.1. The Morgan fingerprint density at radius 2 is 1.62 bits per heavy atom. The second-order valence-electron chi connectivity index (χ2n) is 7.88. The number of aromatic nitrogens is 3. The minimum Gasteiger partial charge on any atom is -0.497 e. The highest BCUT2D eigenvalue weighted by molar-refractivity contribution is 6.30. The van der Waals surface area contributed by atoms with Crippen molar-refractivity contribution in [3.8, 4) is 28.3 Å². The van der Waals surface area contributed by atoms with Gasteiger partial charge in [0.05, 0.1) is 24.7 Å². The van der Waals surface area contributed by atoms with E-state index in [0.717, 1.165) is 28.1 Å². The number of ether oxygens (including phenoxy) is 1. The van der Waals surface area contributed by atoms with E-state index in [1.165, 1.54) is 0 Å². The van der Waals surface area contributed by atoms with E-state index in [9.17, 15) is 4.79 Å². The molecule has 5 aromatic rings. The summed E-state index contributed by atoms with van der Waals surface area (Å²) >= 11 is 6.09. The van der Waals surface area contributed by atoms with Crippen LogP contribution in [0, 0.1) is 6.92 Å². The van der Waals surface area contributed by atoms with Crippen molar-refractivity contribution in [2.24, 2.45) is 0 Å². The van der Waals surface area contributed by atoms with Crippen LogP contribution >= 0.6 is 11.6 Å². The monoisotopic (exact) mass is 468 g/mol. The number of halogens is 1. The van der Waals surface area contributed by atoms with Gasteiger partial charge in [-0.1, -0.05) is 41.4 Å². The van der Waals surface area contributed by atoms with Gasteiger partial charge in [0.25, 0.3) is 5.91 Å². The third-order valence-corrected chi connectivity index (χ3v) is 5.80. The predicted molar refractivity (Wildman–Crippen MR) is 135 cm³/mol. The molecule has 0 spiro atoms. The minimum absolute atomic E-state index is 0.278. The number of benzene rings is 3. The highest BCUT2D eigenvalue weighted by Crippen LogP contribution is 2.29. The molecule has 3 aromatic carbocycles. The number of hydrogen-bond acceptors (Lipinski definition) is 4. The number of anilines is 1. The molecule has 1 N–H and O–H groups in total. The lowest BCUT2D eigenvalue weighted by atomic mass is 10.1. The van der Waals surface area contributed by atoms with Crippen molar-refractivity contribution in [1.82, 2.24) is 14.6 Å². The van der Waals surface area contributed by atoms with E-state index in [-0.39, 0.29) is 5.91 Å².